The van der Waals surface area contributed by atoms with Gasteiger partial charge in [-0.15, -0.1) is 0 Å². The number of pyridine rings is 1. The first-order valence-corrected chi connectivity index (χ1v) is 13.6. The molecule has 37 heavy (non-hydrogen) atoms. The minimum atomic E-state index is -0.355. The summed E-state index contributed by atoms with van der Waals surface area (Å²) in [6, 6.07) is 21.9. The lowest BCUT2D eigenvalue weighted by atomic mass is 10.0. The van der Waals surface area contributed by atoms with Crippen LogP contribution in [-0.4, -0.2) is 16.2 Å². The molecular formula is C29H25BrFN3O2S. The molecule has 0 bridgehead atoms. The van der Waals surface area contributed by atoms with Crippen LogP contribution in [0.25, 0.3) is 11.3 Å². The van der Waals surface area contributed by atoms with E-state index in [0.717, 1.165) is 30.0 Å². The second kappa shape index (κ2) is 10.3. The molecule has 4 aromatic rings. The highest BCUT2D eigenvalue weighted by Crippen LogP contribution is 2.43. The van der Waals surface area contributed by atoms with Crippen LogP contribution < -0.4 is 15.0 Å². The molecule has 1 N–H and O–H groups in total. The fraction of sp³-hybridized carbons (Fsp3) is 0.241. The lowest BCUT2D eigenvalue weighted by Crippen LogP contribution is -2.29. The van der Waals surface area contributed by atoms with E-state index in [1.165, 1.54) is 18.9 Å². The van der Waals surface area contributed by atoms with E-state index in [-0.39, 0.29) is 17.9 Å². The lowest BCUT2D eigenvalue weighted by Gasteiger charge is -2.26. The second-order valence-corrected chi connectivity index (χ2v) is 10.6. The van der Waals surface area contributed by atoms with Crippen LogP contribution in [0.15, 0.2) is 87.9 Å². The number of thiocarbonyl (C=S) groups is 1. The van der Waals surface area contributed by atoms with Crippen molar-refractivity contribution >= 4 is 38.9 Å². The van der Waals surface area contributed by atoms with Gasteiger partial charge in [-0.1, -0.05) is 22.0 Å². The molecule has 0 amide bonds. The second-order valence-electron chi connectivity index (χ2n) is 9.34. The van der Waals surface area contributed by atoms with Crippen LogP contribution in [0.5, 0.6) is 5.75 Å². The van der Waals surface area contributed by atoms with Crippen molar-refractivity contribution in [3.05, 3.63) is 101 Å². The summed E-state index contributed by atoms with van der Waals surface area (Å²) in [5.41, 5.74) is 2.15. The van der Waals surface area contributed by atoms with Gasteiger partial charge >= 0.3 is 0 Å². The Hall–Kier alpha value is -3.23. The van der Waals surface area contributed by atoms with Gasteiger partial charge in [0.15, 0.2) is 5.11 Å². The Morgan fingerprint density at radius 3 is 2.57 bits per heavy atom. The van der Waals surface area contributed by atoms with E-state index < -0.39 is 0 Å². The first-order chi connectivity index (χ1) is 18.1. The lowest BCUT2D eigenvalue weighted by molar-refractivity contribution is 0.210. The Kier molecular flexibility index (Phi) is 6.69. The van der Waals surface area contributed by atoms with Gasteiger partial charge in [-0.3, -0.25) is 4.98 Å². The number of nitrogens with one attached hydrogen (secondary N) is 1. The minimum absolute atomic E-state index is 0.253. The van der Waals surface area contributed by atoms with Gasteiger partial charge in [-0.05, 0) is 105 Å². The van der Waals surface area contributed by atoms with Crippen molar-refractivity contribution in [1.82, 2.24) is 10.3 Å². The van der Waals surface area contributed by atoms with E-state index >= 15 is 0 Å². The molecule has 0 spiro atoms. The third-order valence-electron chi connectivity index (χ3n) is 6.93. The summed E-state index contributed by atoms with van der Waals surface area (Å²) in [4.78, 5) is 6.62. The zero-order valence-electron chi connectivity index (χ0n) is 19.9. The van der Waals surface area contributed by atoms with Gasteiger partial charge in [0.2, 0.25) is 0 Å². The molecule has 1 saturated heterocycles. The maximum Gasteiger partial charge on any atom is 0.174 e. The molecule has 2 aromatic carbocycles. The van der Waals surface area contributed by atoms with Gasteiger partial charge in [-0.2, -0.15) is 0 Å². The summed E-state index contributed by atoms with van der Waals surface area (Å²) in [5, 5.41) is 4.00. The van der Waals surface area contributed by atoms with E-state index in [4.69, 9.17) is 21.4 Å². The summed E-state index contributed by atoms with van der Waals surface area (Å²) in [7, 11) is 0. The average molecular weight is 579 g/mol. The van der Waals surface area contributed by atoms with Crippen LogP contribution in [0, 0.1) is 5.82 Å². The normalized spacial score (nSPS) is 19.8. The molecule has 6 rings (SSSR count). The van der Waals surface area contributed by atoms with Crippen molar-refractivity contribution in [3.63, 3.8) is 0 Å². The van der Waals surface area contributed by atoms with Crippen molar-refractivity contribution < 1.29 is 13.5 Å². The molecule has 3 heterocycles. The highest BCUT2D eigenvalue weighted by atomic mass is 79.9. The number of hydrogen-bond acceptors (Lipinski definition) is 4. The molecule has 2 unspecified atom stereocenters. The molecule has 5 nitrogen and oxygen atoms in total. The first-order valence-electron chi connectivity index (χ1n) is 12.4. The van der Waals surface area contributed by atoms with Crippen LogP contribution in [-0.2, 0) is 0 Å². The van der Waals surface area contributed by atoms with Gasteiger partial charge in [0.25, 0.3) is 0 Å². The largest absolute Gasteiger partial charge is 0.490 e. The number of rotatable bonds is 6. The maximum atomic E-state index is 14.7. The van der Waals surface area contributed by atoms with Crippen molar-refractivity contribution in [2.24, 2.45) is 0 Å². The molecular weight excluding hydrogens is 553 g/mol. The molecule has 2 aliphatic rings. The summed E-state index contributed by atoms with van der Waals surface area (Å²) >= 11 is 9.12. The summed E-state index contributed by atoms with van der Waals surface area (Å²) in [6.07, 6.45) is 6.72. The zero-order chi connectivity index (χ0) is 25.4. The van der Waals surface area contributed by atoms with E-state index in [1.54, 1.807) is 24.4 Å². The highest BCUT2D eigenvalue weighted by Gasteiger charge is 2.42. The summed E-state index contributed by atoms with van der Waals surface area (Å²) < 4.78 is 27.8. The Labute approximate surface area is 228 Å². The van der Waals surface area contributed by atoms with E-state index in [0.29, 0.717) is 32.8 Å². The van der Waals surface area contributed by atoms with Crippen molar-refractivity contribution in [2.75, 3.05) is 4.90 Å². The van der Waals surface area contributed by atoms with Crippen LogP contribution in [0.2, 0.25) is 0 Å². The van der Waals surface area contributed by atoms with E-state index in [9.17, 15) is 4.39 Å². The summed E-state index contributed by atoms with van der Waals surface area (Å²) in [6.45, 7) is 0. The van der Waals surface area contributed by atoms with Crippen LogP contribution in [0.4, 0.5) is 10.1 Å². The smallest absolute Gasteiger partial charge is 0.174 e. The summed E-state index contributed by atoms with van der Waals surface area (Å²) in [5.74, 6) is 1.62. The fourth-order valence-electron chi connectivity index (χ4n) is 5.15. The number of hydrogen-bond donors (Lipinski definition) is 1. The monoisotopic (exact) mass is 577 g/mol. The molecule has 2 aromatic heterocycles. The van der Waals surface area contributed by atoms with Crippen molar-refractivity contribution in [3.8, 4) is 17.1 Å². The minimum Gasteiger partial charge on any atom is -0.490 e. The molecule has 188 valence electrons. The molecule has 1 aliphatic heterocycles. The number of furan rings is 1. The number of ether oxygens (including phenoxy) is 1. The topological polar surface area (TPSA) is 50.5 Å². The highest BCUT2D eigenvalue weighted by molar-refractivity contribution is 9.10. The van der Waals surface area contributed by atoms with Crippen LogP contribution in [0.1, 0.15) is 49.2 Å². The predicted octanol–water partition coefficient (Wildman–Crippen LogP) is 7.74. The fourth-order valence-corrected chi connectivity index (χ4v) is 5.83. The molecule has 2 atom stereocenters. The molecule has 2 fully saturated rings. The van der Waals surface area contributed by atoms with Gasteiger partial charge in [-0.25, -0.2) is 4.39 Å². The third-order valence-corrected chi connectivity index (χ3v) is 7.74. The number of benzene rings is 2. The molecule has 8 heteroatoms. The average Bonchev–Trinajstić information content (AvgIpc) is 3.66. The molecule has 1 aliphatic carbocycles. The number of aromatic nitrogens is 1. The standard InChI is InChI=1S/C29H25BrFN3O2S/c30-18-8-13-22(23(31)17-18)25-14-15-26(36-25)28-27(24-7-3-4-16-32-24)33-29(37)34(28)19-9-11-21(12-10-19)35-20-5-1-2-6-20/h3-4,7-17,20,27-28H,1-2,5-6H2,(H,33,37). The van der Waals surface area contributed by atoms with Gasteiger partial charge in [0, 0.05) is 16.4 Å². The van der Waals surface area contributed by atoms with Gasteiger partial charge < -0.3 is 19.4 Å². The Balaban J connectivity index is 1.36. The number of anilines is 1. The zero-order valence-corrected chi connectivity index (χ0v) is 22.3. The predicted molar refractivity (Wildman–Crippen MR) is 149 cm³/mol. The number of nitrogens with zero attached hydrogens (tertiary/aromatic N) is 2. The van der Waals surface area contributed by atoms with Gasteiger partial charge in [0.05, 0.1) is 23.4 Å². The maximum absolute atomic E-state index is 14.7. The Morgan fingerprint density at radius 1 is 1.03 bits per heavy atom. The number of halogens is 2. The van der Waals surface area contributed by atoms with Crippen LogP contribution >= 0.6 is 28.1 Å². The SMILES string of the molecule is Fc1cc(Br)ccc1-c1ccc(C2C(c3ccccn3)NC(=S)N2c2ccc(OC3CCCC3)cc2)o1. The quantitative estimate of drug-likeness (QED) is 0.236. The Bertz CT molecular complexity index is 1410. The third kappa shape index (κ3) is 4.88. The van der Waals surface area contributed by atoms with Crippen molar-refractivity contribution in [2.45, 2.75) is 43.9 Å². The first kappa shape index (κ1) is 24.1. The van der Waals surface area contributed by atoms with E-state index in [2.05, 4.69) is 26.2 Å². The van der Waals surface area contributed by atoms with Crippen molar-refractivity contribution in [1.29, 1.82) is 0 Å². The molecule has 1 saturated carbocycles. The Morgan fingerprint density at radius 2 is 1.84 bits per heavy atom. The van der Waals surface area contributed by atoms with Crippen LogP contribution in [0.3, 0.4) is 0 Å². The van der Waals surface area contributed by atoms with Gasteiger partial charge in [0.1, 0.15) is 29.1 Å². The van der Waals surface area contributed by atoms with E-state index in [1.807, 2.05) is 53.4 Å². The molecule has 0 radical (unpaired) electrons.